The first-order valence-electron chi connectivity index (χ1n) is 13.7. The van der Waals surface area contributed by atoms with Crippen LogP contribution in [-0.2, 0) is 52.4 Å². The van der Waals surface area contributed by atoms with Gasteiger partial charge in [0.2, 0.25) is 5.79 Å². The summed E-state index contributed by atoms with van der Waals surface area (Å²) >= 11 is 0. The van der Waals surface area contributed by atoms with Crippen molar-refractivity contribution in [3.63, 3.8) is 0 Å². The first-order chi connectivity index (χ1) is 19.4. The highest BCUT2D eigenvalue weighted by Gasteiger charge is 2.59. The van der Waals surface area contributed by atoms with Gasteiger partial charge in [-0.25, -0.2) is 0 Å². The van der Waals surface area contributed by atoms with Crippen LogP contribution in [0.25, 0.3) is 0 Å². The fourth-order valence-corrected chi connectivity index (χ4v) is 6.57. The third kappa shape index (κ3) is 8.56. The highest BCUT2D eigenvalue weighted by Crippen LogP contribution is 2.53. The minimum atomic E-state index is -3.72. The summed E-state index contributed by atoms with van der Waals surface area (Å²) in [6.45, 7) is 4.68. The fraction of sp³-hybridized carbons (Fsp3) is 0.419. The van der Waals surface area contributed by atoms with Crippen LogP contribution in [0.3, 0.4) is 0 Å². The maximum atomic E-state index is 13.6. The standard InChI is InChI=1S/C31H39O8P/c1-3-37-40(33,38-4-2)24-31(32)30(36-22-27-18-12-7-13-19-27)29(35-21-26-16-10-6-11-17-26)28(39-31)23-34-20-25-14-8-5-9-15-25/h5-19,28-30,32H,3-4,20-24H2,1-2H3/t28-,29-,30+,31-/m1/s1. The highest BCUT2D eigenvalue weighted by molar-refractivity contribution is 7.53. The number of aliphatic hydroxyl groups is 1. The van der Waals surface area contributed by atoms with Gasteiger partial charge in [-0.15, -0.1) is 0 Å². The molecule has 0 saturated carbocycles. The molecule has 216 valence electrons. The quantitative estimate of drug-likeness (QED) is 0.219. The van der Waals surface area contributed by atoms with Gasteiger partial charge in [0.15, 0.2) is 0 Å². The summed E-state index contributed by atoms with van der Waals surface area (Å²) in [6, 6.07) is 29.1. The Hall–Kier alpha value is -2.39. The Morgan fingerprint density at radius 1 is 0.750 bits per heavy atom. The number of hydrogen-bond acceptors (Lipinski definition) is 8. The number of ether oxygens (including phenoxy) is 4. The van der Waals surface area contributed by atoms with Gasteiger partial charge in [0.05, 0.1) is 39.6 Å². The summed E-state index contributed by atoms with van der Waals surface area (Å²) in [4.78, 5) is 0. The molecule has 3 aromatic rings. The third-order valence-corrected chi connectivity index (χ3v) is 8.63. The molecule has 9 heteroatoms. The van der Waals surface area contributed by atoms with E-state index in [0.29, 0.717) is 6.61 Å². The van der Waals surface area contributed by atoms with E-state index < -0.39 is 37.9 Å². The molecule has 4 atom stereocenters. The van der Waals surface area contributed by atoms with Crippen molar-refractivity contribution in [3.05, 3.63) is 108 Å². The lowest BCUT2D eigenvalue weighted by Gasteiger charge is -2.32. The predicted octanol–water partition coefficient (Wildman–Crippen LogP) is 5.73. The third-order valence-electron chi connectivity index (χ3n) is 6.49. The Balaban J connectivity index is 1.60. The van der Waals surface area contributed by atoms with Crippen LogP contribution < -0.4 is 0 Å². The van der Waals surface area contributed by atoms with Gasteiger partial charge in [0, 0.05) is 0 Å². The van der Waals surface area contributed by atoms with E-state index in [4.69, 9.17) is 28.0 Å². The molecule has 4 rings (SSSR count). The van der Waals surface area contributed by atoms with E-state index in [1.165, 1.54) is 0 Å². The first kappa shape index (κ1) is 30.6. The Morgan fingerprint density at radius 2 is 1.23 bits per heavy atom. The highest BCUT2D eigenvalue weighted by atomic mass is 31.2. The summed E-state index contributed by atoms with van der Waals surface area (Å²) in [5.74, 6) is -2.02. The topological polar surface area (TPSA) is 92.7 Å². The van der Waals surface area contributed by atoms with Crippen molar-refractivity contribution in [2.75, 3.05) is 26.0 Å². The normalized spacial score (nSPS) is 22.9. The van der Waals surface area contributed by atoms with E-state index in [1.54, 1.807) is 13.8 Å². The molecule has 0 aromatic heterocycles. The molecule has 1 aliphatic heterocycles. The second kappa shape index (κ2) is 15.0. The molecule has 1 heterocycles. The minimum absolute atomic E-state index is 0.120. The number of hydrogen-bond donors (Lipinski definition) is 1. The summed E-state index contributed by atoms with van der Waals surface area (Å²) in [5.41, 5.74) is 2.87. The average molecular weight is 571 g/mol. The summed E-state index contributed by atoms with van der Waals surface area (Å²) in [7, 11) is -3.72. The van der Waals surface area contributed by atoms with E-state index in [2.05, 4.69) is 0 Å². The van der Waals surface area contributed by atoms with E-state index in [9.17, 15) is 9.67 Å². The zero-order valence-corrected chi connectivity index (χ0v) is 24.0. The van der Waals surface area contributed by atoms with Gasteiger partial charge in [0.1, 0.15) is 24.5 Å². The van der Waals surface area contributed by atoms with Crippen molar-refractivity contribution >= 4 is 7.60 Å². The maximum absolute atomic E-state index is 13.6. The molecule has 40 heavy (non-hydrogen) atoms. The molecule has 1 aliphatic rings. The largest absolute Gasteiger partial charge is 0.374 e. The molecule has 0 amide bonds. The van der Waals surface area contributed by atoms with Crippen LogP contribution in [0, 0.1) is 0 Å². The van der Waals surface area contributed by atoms with Crippen LogP contribution in [0.1, 0.15) is 30.5 Å². The van der Waals surface area contributed by atoms with Crippen molar-refractivity contribution in [1.82, 2.24) is 0 Å². The van der Waals surface area contributed by atoms with Crippen LogP contribution in [0.2, 0.25) is 0 Å². The van der Waals surface area contributed by atoms with Crippen molar-refractivity contribution in [2.24, 2.45) is 0 Å². The smallest absolute Gasteiger partial charge is 0.336 e. The van der Waals surface area contributed by atoms with Gasteiger partial charge in [0.25, 0.3) is 0 Å². The van der Waals surface area contributed by atoms with Gasteiger partial charge < -0.3 is 33.1 Å². The molecule has 0 spiro atoms. The second-order valence-corrected chi connectivity index (χ2v) is 11.6. The predicted molar refractivity (Wildman–Crippen MR) is 152 cm³/mol. The fourth-order valence-electron chi connectivity index (χ4n) is 4.72. The van der Waals surface area contributed by atoms with Crippen LogP contribution in [0.4, 0.5) is 0 Å². The van der Waals surface area contributed by atoms with Crippen LogP contribution in [0.15, 0.2) is 91.0 Å². The molecular formula is C31H39O8P. The zero-order valence-electron chi connectivity index (χ0n) is 23.1. The molecular weight excluding hydrogens is 531 g/mol. The summed E-state index contributed by atoms with van der Waals surface area (Å²) in [6.07, 6.45) is -2.87. The van der Waals surface area contributed by atoms with Gasteiger partial charge >= 0.3 is 7.60 Å². The Bertz CT molecular complexity index is 1170. The van der Waals surface area contributed by atoms with Crippen molar-refractivity contribution in [2.45, 2.75) is 57.8 Å². The van der Waals surface area contributed by atoms with Crippen molar-refractivity contribution in [1.29, 1.82) is 0 Å². The lowest BCUT2D eigenvalue weighted by Crippen LogP contribution is -2.48. The van der Waals surface area contributed by atoms with E-state index in [1.807, 2.05) is 91.0 Å². The maximum Gasteiger partial charge on any atom is 0.336 e. The molecule has 8 nitrogen and oxygen atoms in total. The minimum Gasteiger partial charge on any atom is -0.374 e. The second-order valence-electron chi connectivity index (χ2n) is 9.58. The van der Waals surface area contributed by atoms with E-state index in [0.717, 1.165) is 16.7 Å². The van der Waals surface area contributed by atoms with Crippen LogP contribution >= 0.6 is 7.60 Å². The number of rotatable bonds is 16. The van der Waals surface area contributed by atoms with E-state index in [-0.39, 0.29) is 33.0 Å². The summed E-state index contributed by atoms with van der Waals surface area (Å²) < 4.78 is 49.5. The monoisotopic (exact) mass is 570 g/mol. The SMILES string of the molecule is CCOP(=O)(C[C@@]1(O)O[C@H](COCc2ccccc2)[C@@H](OCc2ccccc2)[C@@H]1OCc1ccccc1)OCC. The summed E-state index contributed by atoms with van der Waals surface area (Å²) in [5, 5.41) is 12.0. The first-order valence-corrected chi connectivity index (χ1v) is 15.4. The molecule has 0 aliphatic carbocycles. The Kier molecular flexibility index (Phi) is 11.5. The number of benzene rings is 3. The average Bonchev–Trinajstić information content (AvgIpc) is 3.21. The van der Waals surface area contributed by atoms with Crippen molar-refractivity contribution in [3.8, 4) is 0 Å². The van der Waals surface area contributed by atoms with Gasteiger partial charge in [-0.3, -0.25) is 4.57 Å². The molecule has 1 fully saturated rings. The zero-order chi connectivity index (χ0) is 28.3. The molecule has 0 bridgehead atoms. The molecule has 0 radical (unpaired) electrons. The molecule has 0 unspecified atom stereocenters. The van der Waals surface area contributed by atoms with Crippen molar-refractivity contribution < 1.29 is 37.7 Å². The lowest BCUT2D eigenvalue weighted by molar-refractivity contribution is -0.230. The van der Waals surface area contributed by atoms with Gasteiger partial charge in [-0.1, -0.05) is 91.0 Å². The van der Waals surface area contributed by atoms with Gasteiger partial charge in [-0.2, -0.15) is 0 Å². The molecule has 3 aromatic carbocycles. The Morgan fingerprint density at radius 3 is 1.73 bits per heavy atom. The Labute approximate surface area is 236 Å². The van der Waals surface area contributed by atoms with Crippen LogP contribution in [0.5, 0.6) is 0 Å². The lowest BCUT2D eigenvalue weighted by atomic mass is 10.1. The van der Waals surface area contributed by atoms with Crippen LogP contribution in [-0.4, -0.2) is 55.2 Å². The van der Waals surface area contributed by atoms with E-state index >= 15 is 0 Å². The van der Waals surface area contributed by atoms with Gasteiger partial charge in [-0.05, 0) is 30.5 Å². The molecule has 1 saturated heterocycles. The molecule has 1 N–H and O–H groups in total.